The van der Waals surface area contributed by atoms with Crippen molar-refractivity contribution in [2.24, 2.45) is 0 Å². The molecule has 0 saturated heterocycles. The van der Waals surface area contributed by atoms with E-state index >= 15 is 0 Å². The first-order valence-electron chi connectivity index (χ1n) is 12.1. The van der Waals surface area contributed by atoms with Gasteiger partial charge in [-0.25, -0.2) is 17.8 Å². The Hall–Kier alpha value is -2.97. The van der Waals surface area contributed by atoms with Gasteiger partial charge in [0.2, 0.25) is 0 Å². The Morgan fingerprint density at radius 2 is 1.58 bits per heavy atom. The van der Waals surface area contributed by atoms with Crippen LogP contribution in [0.5, 0.6) is 0 Å². The number of rotatable bonds is 7. The normalized spacial score (nSPS) is 14.7. The van der Waals surface area contributed by atoms with Gasteiger partial charge in [-0.2, -0.15) is 0 Å². The molecular formula is C28H28FN3O2S2. The lowest BCUT2D eigenvalue weighted by Crippen LogP contribution is -2.15. The summed E-state index contributed by atoms with van der Waals surface area (Å²) in [6.07, 6.45) is 10.6. The highest BCUT2D eigenvalue weighted by molar-refractivity contribution is 7.98. The fourth-order valence-corrected chi connectivity index (χ4v) is 6.42. The first-order chi connectivity index (χ1) is 17.4. The van der Waals surface area contributed by atoms with Crippen molar-refractivity contribution in [3.05, 3.63) is 84.4 Å². The molecule has 4 aromatic rings. The van der Waals surface area contributed by atoms with Gasteiger partial charge in [0.15, 0.2) is 15.0 Å². The van der Waals surface area contributed by atoms with Crippen molar-refractivity contribution in [1.82, 2.24) is 14.5 Å². The molecule has 0 spiro atoms. The summed E-state index contributed by atoms with van der Waals surface area (Å²) in [5.74, 6) is 0.384. The largest absolute Gasteiger partial charge is 0.315 e. The molecule has 0 N–H and O–H groups in total. The molecule has 0 amide bonds. The van der Waals surface area contributed by atoms with E-state index in [0.717, 1.165) is 46.1 Å². The molecule has 36 heavy (non-hydrogen) atoms. The van der Waals surface area contributed by atoms with Gasteiger partial charge in [-0.3, -0.25) is 4.98 Å². The number of nitrogens with zero attached hydrogens (tertiary/aromatic N) is 3. The van der Waals surface area contributed by atoms with Crippen LogP contribution < -0.4 is 0 Å². The van der Waals surface area contributed by atoms with Crippen molar-refractivity contribution in [2.45, 2.75) is 54.0 Å². The number of halogens is 1. The molecule has 8 heteroatoms. The monoisotopic (exact) mass is 521 g/mol. The lowest BCUT2D eigenvalue weighted by molar-refractivity contribution is 0.339. The molecule has 1 saturated carbocycles. The third-order valence-corrected chi connectivity index (χ3v) is 8.76. The van der Waals surface area contributed by atoms with E-state index in [4.69, 9.17) is 4.98 Å². The predicted molar refractivity (Wildman–Crippen MR) is 142 cm³/mol. The number of benzene rings is 2. The average molecular weight is 522 g/mol. The zero-order valence-corrected chi connectivity index (χ0v) is 21.7. The summed E-state index contributed by atoms with van der Waals surface area (Å²) in [4.78, 5) is 9.65. The highest BCUT2D eigenvalue weighted by Crippen LogP contribution is 2.42. The molecular weight excluding hydrogens is 493 g/mol. The molecule has 5 rings (SSSR count). The Balaban J connectivity index is 1.58. The van der Waals surface area contributed by atoms with Crippen LogP contribution in [0.15, 0.2) is 83.1 Å². The minimum absolute atomic E-state index is 0.275. The van der Waals surface area contributed by atoms with Crippen LogP contribution in [0.25, 0.3) is 22.5 Å². The van der Waals surface area contributed by atoms with Crippen molar-refractivity contribution >= 4 is 21.6 Å². The molecule has 2 aromatic carbocycles. The highest BCUT2D eigenvalue weighted by Gasteiger charge is 2.27. The van der Waals surface area contributed by atoms with Crippen LogP contribution >= 0.6 is 11.8 Å². The van der Waals surface area contributed by atoms with Crippen molar-refractivity contribution in [3.63, 3.8) is 0 Å². The summed E-state index contributed by atoms with van der Waals surface area (Å²) in [7, 11) is -3.23. The van der Waals surface area contributed by atoms with Crippen molar-refractivity contribution in [1.29, 1.82) is 0 Å². The Bertz CT molecular complexity index is 1430. The Morgan fingerprint density at radius 1 is 0.917 bits per heavy atom. The Morgan fingerprint density at radius 3 is 2.22 bits per heavy atom. The number of hydrogen-bond acceptors (Lipinski definition) is 5. The van der Waals surface area contributed by atoms with E-state index in [1.165, 1.54) is 37.7 Å². The minimum atomic E-state index is -3.23. The zero-order chi connectivity index (χ0) is 25.1. The molecule has 1 aliphatic carbocycles. The molecule has 0 atom stereocenters. The fraction of sp³-hybridized carbons (Fsp3) is 0.286. The van der Waals surface area contributed by atoms with Crippen molar-refractivity contribution < 1.29 is 12.8 Å². The SMILES string of the molecule is CS(=O)(=O)c1ccc(CSc2nc(-c3ccc(F)cc3)c(-c3ccncc3)n2C2CCCCC2)cc1. The first-order valence-corrected chi connectivity index (χ1v) is 15.0. The van der Waals surface area contributed by atoms with Gasteiger partial charge < -0.3 is 4.57 Å². The van der Waals surface area contributed by atoms with Gasteiger partial charge in [-0.15, -0.1) is 0 Å². The lowest BCUT2D eigenvalue weighted by atomic mass is 9.94. The van der Waals surface area contributed by atoms with Crippen LogP contribution in [0.1, 0.15) is 43.7 Å². The van der Waals surface area contributed by atoms with Gasteiger partial charge in [-0.1, -0.05) is 43.2 Å². The summed E-state index contributed by atoms with van der Waals surface area (Å²) in [6, 6.07) is 17.9. The molecule has 1 aliphatic rings. The van der Waals surface area contributed by atoms with Crippen molar-refractivity contribution in [2.75, 3.05) is 6.26 Å². The van der Waals surface area contributed by atoms with Crippen LogP contribution in [0.2, 0.25) is 0 Å². The van der Waals surface area contributed by atoms with Gasteiger partial charge >= 0.3 is 0 Å². The third kappa shape index (κ3) is 5.39. The molecule has 186 valence electrons. The quantitative estimate of drug-likeness (QED) is 0.246. The zero-order valence-electron chi connectivity index (χ0n) is 20.1. The summed E-state index contributed by atoms with van der Waals surface area (Å²) >= 11 is 1.65. The van der Waals surface area contributed by atoms with Crippen LogP contribution in [-0.4, -0.2) is 29.2 Å². The summed E-state index contributed by atoms with van der Waals surface area (Å²) < 4.78 is 39.8. The van der Waals surface area contributed by atoms with E-state index in [0.29, 0.717) is 16.7 Å². The van der Waals surface area contributed by atoms with Gasteiger partial charge in [0.1, 0.15) is 5.82 Å². The minimum Gasteiger partial charge on any atom is -0.315 e. The molecule has 0 aliphatic heterocycles. The fourth-order valence-electron chi connectivity index (χ4n) is 4.77. The number of sulfone groups is 1. The van der Waals surface area contributed by atoms with Gasteiger partial charge in [-0.05, 0) is 66.9 Å². The van der Waals surface area contributed by atoms with Crippen molar-refractivity contribution in [3.8, 4) is 22.5 Å². The molecule has 1 fully saturated rings. The molecule has 0 unspecified atom stereocenters. The summed E-state index contributed by atoms with van der Waals surface area (Å²) in [5.41, 5.74) is 4.80. The molecule has 0 bridgehead atoms. The average Bonchev–Trinajstić information content (AvgIpc) is 3.28. The van der Waals surface area contributed by atoms with E-state index in [2.05, 4.69) is 9.55 Å². The summed E-state index contributed by atoms with van der Waals surface area (Å²) in [5, 5.41) is 0.917. The first kappa shape index (κ1) is 24.7. The second kappa shape index (κ2) is 10.6. The lowest BCUT2D eigenvalue weighted by Gasteiger charge is -2.27. The summed E-state index contributed by atoms with van der Waals surface area (Å²) in [6.45, 7) is 0. The van der Waals surface area contributed by atoms with Gasteiger partial charge in [0.05, 0.1) is 16.3 Å². The van der Waals surface area contributed by atoms with E-state index < -0.39 is 9.84 Å². The number of aromatic nitrogens is 3. The maximum absolute atomic E-state index is 13.7. The van der Waals surface area contributed by atoms with Gasteiger partial charge in [0, 0.05) is 41.6 Å². The van der Waals surface area contributed by atoms with Crippen LogP contribution in [0.3, 0.4) is 0 Å². The number of thioether (sulfide) groups is 1. The van der Waals surface area contributed by atoms with Crippen LogP contribution in [0, 0.1) is 5.82 Å². The molecule has 5 nitrogen and oxygen atoms in total. The number of pyridine rings is 1. The number of hydrogen-bond donors (Lipinski definition) is 0. The van der Waals surface area contributed by atoms with E-state index in [9.17, 15) is 12.8 Å². The van der Waals surface area contributed by atoms with Crippen LogP contribution in [-0.2, 0) is 15.6 Å². The Labute approximate surface area is 215 Å². The van der Waals surface area contributed by atoms with Crippen LogP contribution in [0.4, 0.5) is 4.39 Å². The molecule has 2 heterocycles. The maximum Gasteiger partial charge on any atom is 0.175 e. The second-order valence-corrected chi connectivity index (χ2v) is 12.2. The Kier molecular flexibility index (Phi) is 7.25. The highest BCUT2D eigenvalue weighted by atomic mass is 32.2. The predicted octanol–water partition coefficient (Wildman–Crippen LogP) is 6.95. The molecule has 0 radical (unpaired) electrons. The van der Waals surface area contributed by atoms with E-state index in [1.807, 2.05) is 24.3 Å². The topological polar surface area (TPSA) is 64.8 Å². The second-order valence-electron chi connectivity index (χ2n) is 9.20. The van der Waals surface area contributed by atoms with E-state index in [1.54, 1.807) is 48.4 Å². The molecule has 2 aromatic heterocycles. The smallest absolute Gasteiger partial charge is 0.175 e. The number of imidazole rings is 1. The van der Waals surface area contributed by atoms with E-state index in [-0.39, 0.29) is 5.82 Å². The third-order valence-electron chi connectivity index (χ3n) is 6.61. The standard InChI is InChI=1S/C28H28FN3O2S2/c1-36(33,34)25-13-7-20(8-14-25)19-35-28-31-26(21-9-11-23(29)12-10-21)27(22-15-17-30-18-16-22)32(28)24-5-3-2-4-6-24/h7-18,24H,2-6,19H2,1H3. The maximum atomic E-state index is 13.7. The van der Waals surface area contributed by atoms with Gasteiger partial charge in [0.25, 0.3) is 0 Å².